The molecule has 84 valence electrons. The van der Waals surface area contributed by atoms with Crippen molar-refractivity contribution in [1.29, 1.82) is 0 Å². The number of hydrogen-bond acceptors (Lipinski definition) is 3. The molecule has 0 aliphatic heterocycles. The number of nitrogens with two attached hydrogens (primary N) is 1. The van der Waals surface area contributed by atoms with E-state index in [1.165, 1.54) is 5.56 Å². The van der Waals surface area contributed by atoms with E-state index in [0.717, 1.165) is 5.69 Å². The minimum atomic E-state index is 0.0628. The van der Waals surface area contributed by atoms with Crippen LogP contribution in [0.2, 0.25) is 0 Å². The first-order valence-electron chi connectivity index (χ1n) is 5.25. The maximum absolute atomic E-state index is 5.77. The van der Waals surface area contributed by atoms with E-state index in [2.05, 4.69) is 37.0 Å². The van der Waals surface area contributed by atoms with E-state index in [4.69, 9.17) is 5.73 Å². The molecule has 0 saturated carbocycles. The number of hydrogen-bond donors (Lipinski definition) is 1. The van der Waals surface area contributed by atoms with Crippen LogP contribution in [0.5, 0.6) is 0 Å². The van der Waals surface area contributed by atoms with Gasteiger partial charge < -0.3 is 5.73 Å². The zero-order valence-corrected chi connectivity index (χ0v) is 9.81. The second-order valence-electron chi connectivity index (χ2n) is 4.83. The average molecular weight is 216 g/mol. The standard InChI is InChI=1S/C12H16N4/c1-12(2,3)9-6-4-5-7-10(9)16-8-14-15-11(16)13/h4-8H,1-3H3,(H2,13,15). The summed E-state index contributed by atoms with van der Waals surface area (Å²) in [5.41, 5.74) is 8.10. The van der Waals surface area contributed by atoms with Crippen molar-refractivity contribution < 1.29 is 0 Å². The highest BCUT2D eigenvalue weighted by molar-refractivity contribution is 5.48. The lowest BCUT2D eigenvalue weighted by Gasteiger charge is -2.23. The Morgan fingerprint density at radius 2 is 1.88 bits per heavy atom. The van der Waals surface area contributed by atoms with Crippen LogP contribution in [0.25, 0.3) is 5.69 Å². The molecule has 0 atom stereocenters. The van der Waals surface area contributed by atoms with Crippen molar-refractivity contribution in [1.82, 2.24) is 14.8 Å². The molecular formula is C12H16N4. The number of para-hydroxylation sites is 1. The number of nitrogens with zero attached hydrogens (tertiary/aromatic N) is 3. The molecule has 1 aromatic carbocycles. The van der Waals surface area contributed by atoms with Gasteiger partial charge in [-0.2, -0.15) is 0 Å². The molecule has 0 unspecified atom stereocenters. The second kappa shape index (κ2) is 3.63. The maximum Gasteiger partial charge on any atom is 0.226 e. The Hall–Kier alpha value is -1.84. The van der Waals surface area contributed by atoms with Crippen molar-refractivity contribution in [2.24, 2.45) is 0 Å². The molecule has 0 amide bonds. The van der Waals surface area contributed by atoms with E-state index in [0.29, 0.717) is 5.95 Å². The Morgan fingerprint density at radius 1 is 1.19 bits per heavy atom. The summed E-state index contributed by atoms with van der Waals surface area (Å²) in [6, 6.07) is 8.16. The van der Waals surface area contributed by atoms with Gasteiger partial charge in [-0.05, 0) is 17.0 Å². The summed E-state index contributed by atoms with van der Waals surface area (Å²) >= 11 is 0. The lowest BCUT2D eigenvalue weighted by atomic mass is 9.86. The fraction of sp³-hybridized carbons (Fsp3) is 0.333. The lowest BCUT2D eigenvalue weighted by Crippen LogP contribution is -2.15. The van der Waals surface area contributed by atoms with Crippen molar-refractivity contribution in [3.05, 3.63) is 36.2 Å². The first kappa shape index (κ1) is 10.7. The van der Waals surface area contributed by atoms with E-state index >= 15 is 0 Å². The number of nitrogen functional groups attached to an aromatic ring is 1. The zero-order chi connectivity index (χ0) is 11.8. The van der Waals surface area contributed by atoms with Crippen LogP contribution in [0.15, 0.2) is 30.6 Å². The van der Waals surface area contributed by atoms with Crippen LogP contribution in [0.1, 0.15) is 26.3 Å². The molecule has 0 saturated heterocycles. The monoisotopic (exact) mass is 216 g/mol. The second-order valence-corrected chi connectivity index (χ2v) is 4.83. The third kappa shape index (κ3) is 1.78. The third-order valence-corrected chi connectivity index (χ3v) is 2.55. The fourth-order valence-corrected chi connectivity index (χ4v) is 1.75. The Bertz CT molecular complexity index is 494. The minimum absolute atomic E-state index is 0.0628. The molecule has 0 spiro atoms. The Morgan fingerprint density at radius 3 is 2.44 bits per heavy atom. The molecule has 0 bridgehead atoms. The molecule has 4 heteroatoms. The number of aromatic nitrogens is 3. The Kier molecular flexibility index (Phi) is 2.42. The molecule has 2 N–H and O–H groups in total. The minimum Gasteiger partial charge on any atom is -0.368 e. The van der Waals surface area contributed by atoms with E-state index in [-0.39, 0.29) is 5.41 Å². The summed E-state index contributed by atoms with van der Waals surface area (Å²) in [5.74, 6) is 0.414. The average Bonchev–Trinajstić information content (AvgIpc) is 2.63. The first-order valence-corrected chi connectivity index (χ1v) is 5.25. The van der Waals surface area contributed by atoms with Gasteiger partial charge in [-0.3, -0.25) is 4.57 Å². The van der Waals surface area contributed by atoms with Crippen LogP contribution in [-0.4, -0.2) is 14.8 Å². The molecule has 0 aliphatic rings. The molecule has 2 rings (SSSR count). The predicted molar refractivity (Wildman–Crippen MR) is 64.5 cm³/mol. The van der Waals surface area contributed by atoms with Crippen LogP contribution in [-0.2, 0) is 5.41 Å². The van der Waals surface area contributed by atoms with Crippen LogP contribution >= 0.6 is 0 Å². The highest BCUT2D eigenvalue weighted by Crippen LogP contribution is 2.28. The Balaban J connectivity index is 2.62. The Labute approximate surface area is 95.1 Å². The summed E-state index contributed by atoms with van der Waals surface area (Å²) < 4.78 is 1.81. The van der Waals surface area contributed by atoms with Crippen LogP contribution < -0.4 is 5.73 Å². The molecular weight excluding hydrogens is 200 g/mol. The molecule has 2 aromatic rings. The van der Waals surface area contributed by atoms with Crippen molar-refractivity contribution in [3.8, 4) is 5.69 Å². The molecule has 0 aliphatic carbocycles. The van der Waals surface area contributed by atoms with Gasteiger partial charge in [0.15, 0.2) is 0 Å². The number of anilines is 1. The highest BCUT2D eigenvalue weighted by Gasteiger charge is 2.19. The van der Waals surface area contributed by atoms with Crippen molar-refractivity contribution >= 4 is 5.95 Å². The summed E-state index contributed by atoms with van der Waals surface area (Å²) in [4.78, 5) is 0. The van der Waals surface area contributed by atoms with Crippen LogP contribution in [0, 0.1) is 0 Å². The zero-order valence-electron chi connectivity index (χ0n) is 9.81. The van der Waals surface area contributed by atoms with Gasteiger partial charge in [0.2, 0.25) is 5.95 Å². The van der Waals surface area contributed by atoms with Crippen LogP contribution in [0.4, 0.5) is 5.95 Å². The maximum atomic E-state index is 5.77. The van der Waals surface area contributed by atoms with Gasteiger partial charge in [-0.25, -0.2) is 0 Å². The van der Waals surface area contributed by atoms with Crippen LogP contribution in [0.3, 0.4) is 0 Å². The SMILES string of the molecule is CC(C)(C)c1ccccc1-n1cnnc1N. The van der Waals surface area contributed by atoms with Gasteiger partial charge in [-0.15, -0.1) is 10.2 Å². The third-order valence-electron chi connectivity index (χ3n) is 2.55. The highest BCUT2D eigenvalue weighted by atomic mass is 15.3. The van der Waals surface area contributed by atoms with Gasteiger partial charge in [0.25, 0.3) is 0 Å². The van der Waals surface area contributed by atoms with Gasteiger partial charge in [0.05, 0.1) is 5.69 Å². The van der Waals surface area contributed by atoms with E-state index in [9.17, 15) is 0 Å². The van der Waals surface area contributed by atoms with E-state index in [1.807, 2.05) is 18.2 Å². The fourth-order valence-electron chi connectivity index (χ4n) is 1.75. The van der Waals surface area contributed by atoms with E-state index in [1.54, 1.807) is 10.9 Å². The molecule has 1 aromatic heterocycles. The summed E-state index contributed by atoms with van der Waals surface area (Å²) in [7, 11) is 0. The topological polar surface area (TPSA) is 56.7 Å². The van der Waals surface area contributed by atoms with Crippen molar-refractivity contribution in [2.75, 3.05) is 5.73 Å². The van der Waals surface area contributed by atoms with Gasteiger partial charge in [0, 0.05) is 0 Å². The number of benzene rings is 1. The lowest BCUT2D eigenvalue weighted by molar-refractivity contribution is 0.586. The quantitative estimate of drug-likeness (QED) is 0.794. The molecule has 1 heterocycles. The molecule has 0 fully saturated rings. The van der Waals surface area contributed by atoms with E-state index < -0.39 is 0 Å². The van der Waals surface area contributed by atoms with Gasteiger partial charge in [-0.1, -0.05) is 39.0 Å². The smallest absolute Gasteiger partial charge is 0.226 e. The normalized spacial score (nSPS) is 11.7. The summed E-state index contributed by atoms with van der Waals surface area (Å²) in [5, 5.41) is 7.62. The summed E-state index contributed by atoms with van der Waals surface area (Å²) in [6.45, 7) is 6.52. The first-order chi connectivity index (χ1) is 7.50. The van der Waals surface area contributed by atoms with Crippen molar-refractivity contribution in [3.63, 3.8) is 0 Å². The van der Waals surface area contributed by atoms with Gasteiger partial charge in [0.1, 0.15) is 6.33 Å². The molecule has 16 heavy (non-hydrogen) atoms. The van der Waals surface area contributed by atoms with Crippen molar-refractivity contribution in [2.45, 2.75) is 26.2 Å². The molecule has 4 nitrogen and oxygen atoms in total. The predicted octanol–water partition coefficient (Wildman–Crippen LogP) is 2.15. The summed E-state index contributed by atoms with van der Waals surface area (Å²) in [6.07, 6.45) is 1.64. The van der Waals surface area contributed by atoms with Gasteiger partial charge >= 0.3 is 0 Å². The number of rotatable bonds is 1. The largest absolute Gasteiger partial charge is 0.368 e. The molecule has 0 radical (unpaired) electrons.